The Hall–Kier alpha value is -3.00. The van der Waals surface area contributed by atoms with E-state index >= 15 is 0 Å². The molecule has 1 N–H and O–H groups in total. The maximum Gasteiger partial charge on any atom is 0.341 e. The van der Waals surface area contributed by atoms with Crippen LogP contribution in [0.15, 0.2) is 40.1 Å². The molecule has 0 saturated carbocycles. The molecule has 8 heteroatoms. The van der Waals surface area contributed by atoms with Gasteiger partial charge < -0.3 is 14.5 Å². The first-order chi connectivity index (χ1) is 12.5. The molecule has 0 atom stereocenters. The summed E-state index contributed by atoms with van der Waals surface area (Å²) < 4.78 is 23.1. The Morgan fingerprint density at radius 1 is 1.31 bits per heavy atom. The summed E-state index contributed by atoms with van der Waals surface area (Å²) in [4.78, 5) is 28.1. The number of carbonyl (C=O) groups excluding carboxylic acids is 2. The van der Waals surface area contributed by atoms with Crippen molar-refractivity contribution in [3.8, 4) is 10.6 Å². The number of hydrogen-bond acceptors (Lipinski definition) is 6. The van der Waals surface area contributed by atoms with Crippen LogP contribution >= 0.6 is 11.3 Å². The molecule has 26 heavy (non-hydrogen) atoms. The smallest absolute Gasteiger partial charge is 0.341 e. The Kier molecular flexibility index (Phi) is 5.13. The van der Waals surface area contributed by atoms with Gasteiger partial charge in [0.1, 0.15) is 33.6 Å². The highest BCUT2D eigenvalue weighted by Gasteiger charge is 2.17. The second-order valence-corrected chi connectivity index (χ2v) is 6.26. The molecule has 0 aliphatic heterocycles. The van der Waals surface area contributed by atoms with E-state index in [1.54, 1.807) is 24.4 Å². The van der Waals surface area contributed by atoms with Crippen molar-refractivity contribution in [3.05, 3.63) is 64.3 Å². The normalized spacial score (nSPS) is 10.6. The number of halogens is 1. The highest BCUT2D eigenvalue weighted by Crippen LogP contribution is 2.24. The van der Waals surface area contributed by atoms with Crippen molar-refractivity contribution in [2.24, 2.45) is 0 Å². The molecule has 6 nitrogen and oxygen atoms in total. The van der Waals surface area contributed by atoms with E-state index in [4.69, 9.17) is 4.42 Å². The molecule has 134 valence electrons. The van der Waals surface area contributed by atoms with Gasteiger partial charge in [-0.25, -0.2) is 14.2 Å². The van der Waals surface area contributed by atoms with E-state index in [1.165, 1.54) is 36.6 Å². The molecule has 3 aromatic rings. The molecular weight excluding hydrogens is 359 g/mol. The van der Waals surface area contributed by atoms with E-state index < -0.39 is 5.97 Å². The zero-order chi connectivity index (χ0) is 18.7. The quantitative estimate of drug-likeness (QED) is 0.691. The first-order valence-corrected chi connectivity index (χ1v) is 8.53. The van der Waals surface area contributed by atoms with Gasteiger partial charge in [0.2, 0.25) is 0 Å². The summed E-state index contributed by atoms with van der Waals surface area (Å²) in [7, 11) is 1.29. The maximum absolute atomic E-state index is 13.0. The second kappa shape index (κ2) is 7.49. The number of amides is 1. The molecule has 0 fully saturated rings. The van der Waals surface area contributed by atoms with Crippen molar-refractivity contribution >= 4 is 23.2 Å². The molecule has 0 bridgehead atoms. The maximum atomic E-state index is 13.0. The van der Waals surface area contributed by atoms with Crippen LogP contribution < -0.4 is 5.32 Å². The number of aromatic nitrogens is 1. The Morgan fingerprint density at radius 3 is 2.73 bits per heavy atom. The number of nitrogens with one attached hydrogen (secondary N) is 1. The van der Waals surface area contributed by atoms with Gasteiger partial charge in [-0.15, -0.1) is 11.3 Å². The minimum atomic E-state index is -0.493. The molecule has 0 spiro atoms. The summed E-state index contributed by atoms with van der Waals surface area (Å²) in [5, 5.41) is 4.93. The standard InChI is InChI=1S/C18H15FN2O4S/c1-10-14(18(23)24-2)7-13(25-10)8-20-16(22)15-9-26-17(21-15)11-3-5-12(19)6-4-11/h3-7,9H,8H2,1-2H3,(H,20,22). The topological polar surface area (TPSA) is 81.4 Å². The van der Waals surface area contributed by atoms with Crippen LogP contribution in [0.2, 0.25) is 0 Å². The zero-order valence-electron chi connectivity index (χ0n) is 14.0. The molecule has 2 heterocycles. The summed E-state index contributed by atoms with van der Waals surface area (Å²) in [6.07, 6.45) is 0. The number of rotatable bonds is 5. The minimum absolute atomic E-state index is 0.111. The number of methoxy groups -OCH3 is 1. The van der Waals surface area contributed by atoms with Crippen LogP contribution in [-0.4, -0.2) is 24.0 Å². The predicted octanol–water partition coefficient (Wildman–Crippen LogP) is 3.57. The number of nitrogens with zero attached hydrogens (tertiary/aromatic N) is 1. The highest BCUT2D eigenvalue weighted by molar-refractivity contribution is 7.13. The molecule has 2 aromatic heterocycles. The van der Waals surface area contributed by atoms with Crippen molar-refractivity contribution in [2.45, 2.75) is 13.5 Å². The van der Waals surface area contributed by atoms with Crippen LogP contribution in [0.3, 0.4) is 0 Å². The van der Waals surface area contributed by atoms with E-state index in [0.717, 1.165) is 5.56 Å². The first kappa shape index (κ1) is 17.8. The fourth-order valence-corrected chi connectivity index (χ4v) is 3.11. The van der Waals surface area contributed by atoms with Crippen molar-refractivity contribution in [1.29, 1.82) is 0 Å². The van der Waals surface area contributed by atoms with E-state index in [1.807, 2.05) is 0 Å². The molecule has 0 unspecified atom stereocenters. The van der Waals surface area contributed by atoms with Gasteiger partial charge in [-0.05, 0) is 37.3 Å². The van der Waals surface area contributed by atoms with Crippen molar-refractivity contribution < 1.29 is 23.1 Å². The van der Waals surface area contributed by atoms with Gasteiger partial charge >= 0.3 is 5.97 Å². The SMILES string of the molecule is COC(=O)c1cc(CNC(=O)c2csc(-c3ccc(F)cc3)n2)oc1C. The van der Waals surface area contributed by atoms with E-state index in [-0.39, 0.29) is 24.0 Å². The fraction of sp³-hybridized carbons (Fsp3) is 0.167. The number of carbonyl (C=O) groups is 2. The van der Waals surface area contributed by atoms with Crippen LogP contribution in [0, 0.1) is 12.7 Å². The third-order valence-corrected chi connectivity index (χ3v) is 4.52. The van der Waals surface area contributed by atoms with Crippen LogP contribution in [0.4, 0.5) is 4.39 Å². The molecule has 0 aliphatic rings. The average molecular weight is 374 g/mol. The highest BCUT2D eigenvalue weighted by atomic mass is 32.1. The Morgan fingerprint density at radius 2 is 2.04 bits per heavy atom. The van der Waals surface area contributed by atoms with Gasteiger partial charge in [-0.2, -0.15) is 0 Å². The van der Waals surface area contributed by atoms with E-state index in [9.17, 15) is 14.0 Å². The molecular formula is C18H15FN2O4S. The largest absolute Gasteiger partial charge is 0.465 e. The number of benzene rings is 1. The first-order valence-electron chi connectivity index (χ1n) is 7.65. The van der Waals surface area contributed by atoms with Gasteiger partial charge in [0.25, 0.3) is 5.91 Å². The molecule has 0 radical (unpaired) electrons. The Bertz CT molecular complexity index is 947. The van der Waals surface area contributed by atoms with Gasteiger partial charge in [0.15, 0.2) is 0 Å². The number of aryl methyl sites for hydroxylation is 1. The second-order valence-electron chi connectivity index (χ2n) is 5.40. The van der Waals surface area contributed by atoms with E-state index in [2.05, 4.69) is 15.0 Å². The summed E-state index contributed by atoms with van der Waals surface area (Å²) in [5.41, 5.74) is 1.31. The molecule has 1 aromatic carbocycles. The number of esters is 1. The summed E-state index contributed by atoms with van der Waals surface area (Å²) in [6, 6.07) is 7.43. The average Bonchev–Trinajstić information content (AvgIpc) is 3.27. The molecule has 0 saturated heterocycles. The van der Waals surface area contributed by atoms with Crippen molar-refractivity contribution in [3.63, 3.8) is 0 Å². The Balaban J connectivity index is 1.66. The van der Waals surface area contributed by atoms with Gasteiger partial charge in [-0.1, -0.05) is 0 Å². The van der Waals surface area contributed by atoms with Crippen LogP contribution in [0.25, 0.3) is 10.6 Å². The number of thiazole rings is 1. The number of hydrogen-bond donors (Lipinski definition) is 1. The van der Waals surface area contributed by atoms with Crippen LogP contribution in [0.1, 0.15) is 32.4 Å². The predicted molar refractivity (Wildman–Crippen MR) is 93.5 cm³/mol. The summed E-state index contributed by atoms with van der Waals surface area (Å²) >= 11 is 1.29. The molecule has 3 rings (SSSR count). The molecule has 1 amide bonds. The third-order valence-electron chi connectivity index (χ3n) is 3.63. The van der Waals surface area contributed by atoms with Crippen molar-refractivity contribution in [1.82, 2.24) is 10.3 Å². The summed E-state index contributed by atoms with van der Waals surface area (Å²) in [6.45, 7) is 1.76. The summed E-state index contributed by atoms with van der Waals surface area (Å²) in [5.74, 6) is -0.336. The van der Waals surface area contributed by atoms with Crippen molar-refractivity contribution in [2.75, 3.05) is 7.11 Å². The minimum Gasteiger partial charge on any atom is -0.465 e. The van der Waals surface area contributed by atoms with Crippen LogP contribution in [-0.2, 0) is 11.3 Å². The van der Waals surface area contributed by atoms with Gasteiger partial charge in [0, 0.05) is 10.9 Å². The van der Waals surface area contributed by atoms with Crippen LogP contribution in [0.5, 0.6) is 0 Å². The monoisotopic (exact) mass is 374 g/mol. The fourth-order valence-electron chi connectivity index (χ4n) is 2.30. The van der Waals surface area contributed by atoms with E-state index in [0.29, 0.717) is 22.1 Å². The molecule has 0 aliphatic carbocycles. The number of furan rings is 1. The third kappa shape index (κ3) is 3.80. The van der Waals surface area contributed by atoms with Gasteiger partial charge in [0.05, 0.1) is 13.7 Å². The lowest BCUT2D eigenvalue weighted by Crippen LogP contribution is -2.22. The lowest BCUT2D eigenvalue weighted by atomic mass is 10.2. The lowest BCUT2D eigenvalue weighted by molar-refractivity contribution is 0.0598. The Labute approximate surface area is 152 Å². The zero-order valence-corrected chi connectivity index (χ0v) is 14.9. The number of ether oxygens (including phenoxy) is 1. The van der Waals surface area contributed by atoms with Gasteiger partial charge in [-0.3, -0.25) is 4.79 Å². The lowest BCUT2D eigenvalue weighted by Gasteiger charge is -2.00.